The van der Waals surface area contributed by atoms with Gasteiger partial charge in [-0.05, 0) is 35.7 Å². The Morgan fingerprint density at radius 3 is 2.29 bits per heavy atom. The molecule has 6 N–H and O–H groups in total. The van der Waals surface area contributed by atoms with Gasteiger partial charge in [0.15, 0.2) is 5.82 Å². The molecule has 2 aromatic carbocycles. The molecule has 0 unspecified atom stereocenters. The number of hydrogen-bond donors (Lipinski definition) is 6. The van der Waals surface area contributed by atoms with Gasteiger partial charge in [-0.3, -0.25) is 13.9 Å². The van der Waals surface area contributed by atoms with Crippen LogP contribution >= 0.6 is 26.5 Å². The molecule has 0 saturated carbocycles. The van der Waals surface area contributed by atoms with Gasteiger partial charge in [0, 0.05) is 16.8 Å². The first-order valence-corrected chi connectivity index (χ1v) is 13.9. The van der Waals surface area contributed by atoms with E-state index in [2.05, 4.69) is 20.6 Å². The number of benzene rings is 2. The summed E-state index contributed by atoms with van der Waals surface area (Å²) in [4.78, 5) is 59.7. The first kappa shape index (κ1) is 24.2. The molecule has 1 amide bonds. The summed E-state index contributed by atoms with van der Waals surface area (Å²) in [7, 11) is -10.5. The van der Waals surface area contributed by atoms with Gasteiger partial charge in [-0.1, -0.05) is 30.3 Å². The maximum atomic E-state index is 12.7. The van der Waals surface area contributed by atoms with Crippen LogP contribution < -0.4 is 10.6 Å². The third-order valence-electron chi connectivity index (χ3n) is 4.64. The third-order valence-corrected chi connectivity index (χ3v) is 8.79. The van der Waals surface area contributed by atoms with Gasteiger partial charge >= 0.3 is 15.2 Å². The first-order chi connectivity index (χ1) is 16.0. The summed E-state index contributed by atoms with van der Waals surface area (Å²) < 4.78 is 23.5. The number of nitrogens with one attached hydrogen (secondary N) is 2. The second-order valence-electron chi connectivity index (χ2n) is 7.13. The fourth-order valence-corrected chi connectivity index (χ4v) is 6.02. The summed E-state index contributed by atoms with van der Waals surface area (Å²) in [6, 6.07) is 16.8. The van der Waals surface area contributed by atoms with E-state index in [4.69, 9.17) is 0 Å². The number of fused-ring (bicyclic) bond motifs is 1. The first-order valence-electron chi connectivity index (χ1n) is 9.61. The van der Waals surface area contributed by atoms with Crippen molar-refractivity contribution in [1.82, 2.24) is 9.97 Å². The van der Waals surface area contributed by atoms with E-state index in [0.29, 0.717) is 27.0 Å². The number of anilines is 2. The van der Waals surface area contributed by atoms with Crippen LogP contribution in [0.1, 0.15) is 10.4 Å². The fraction of sp³-hybridized carbons (Fsp3) is 0.0500. The molecular weight excluding hydrogens is 502 g/mol. The Balaban J connectivity index is 1.72. The van der Waals surface area contributed by atoms with Crippen LogP contribution in [0.5, 0.6) is 0 Å². The zero-order chi connectivity index (χ0) is 24.5. The number of carbonyl (C=O) groups excluding carboxylic acids is 1. The van der Waals surface area contributed by atoms with Crippen molar-refractivity contribution in [1.29, 1.82) is 0 Å². The molecule has 176 valence electrons. The van der Waals surface area contributed by atoms with Crippen LogP contribution in [0.25, 0.3) is 21.6 Å². The van der Waals surface area contributed by atoms with Gasteiger partial charge < -0.3 is 30.2 Å². The van der Waals surface area contributed by atoms with E-state index in [-0.39, 0.29) is 17.5 Å². The van der Waals surface area contributed by atoms with Gasteiger partial charge in [0.2, 0.25) is 5.52 Å². The second-order valence-corrected chi connectivity index (χ2v) is 11.8. The number of rotatable bonds is 7. The Labute approximate surface area is 196 Å². The standard InChI is InChI=1S/C20H18N4O7P2S/c25-18(21-14-7-2-1-3-8-14)13-6-4-5-12(11-13)16-22-17(15-9-10-34-19(15)23-16)24-20(32(26,27)28)33(29,30)31/h1-11,20H,(H,21,25)(H,22,23,24)(H2,26,27,28)(H2,29,30,31). The molecule has 0 atom stereocenters. The SMILES string of the molecule is O=C(Nc1ccccc1)c1cccc(-c2nc(NC(P(=O)(O)O)P(=O)(O)O)c3ccsc3n2)c1. The molecule has 2 heterocycles. The maximum absolute atomic E-state index is 12.7. The summed E-state index contributed by atoms with van der Waals surface area (Å²) in [6.07, 6.45) is 0. The molecule has 0 radical (unpaired) electrons. The zero-order valence-electron chi connectivity index (χ0n) is 17.1. The van der Waals surface area contributed by atoms with Gasteiger partial charge in [-0.25, -0.2) is 9.97 Å². The predicted octanol–water partition coefficient (Wildman–Crippen LogP) is 3.66. The molecule has 4 rings (SSSR count). The number of hydrogen-bond acceptors (Lipinski definition) is 7. The molecule has 0 saturated heterocycles. The zero-order valence-corrected chi connectivity index (χ0v) is 19.7. The van der Waals surface area contributed by atoms with E-state index in [1.165, 1.54) is 11.3 Å². The molecule has 0 fully saturated rings. The maximum Gasteiger partial charge on any atom is 0.360 e. The lowest BCUT2D eigenvalue weighted by molar-refractivity contribution is 0.102. The van der Waals surface area contributed by atoms with Gasteiger partial charge in [0.25, 0.3) is 5.91 Å². The van der Waals surface area contributed by atoms with Crippen molar-refractivity contribution in [3.63, 3.8) is 0 Å². The minimum atomic E-state index is -5.25. The summed E-state index contributed by atoms with van der Waals surface area (Å²) in [5.74, 6) is -0.425. The number of para-hydroxylation sites is 1. The minimum absolute atomic E-state index is 0.0991. The molecule has 0 aliphatic heterocycles. The van der Waals surface area contributed by atoms with Crippen LogP contribution in [0.15, 0.2) is 66.0 Å². The molecule has 0 spiro atoms. The number of aromatic nitrogens is 2. The van der Waals surface area contributed by atoms with Crippen molar-refractivity contribution < 1.29 is 33.5 Å². The van der Waals surface area contributed by atoms with Crippen LogP contribution in [-0.4, -0.2) is 41.0 Å². The Hall–Kier alpha value is -2.95. The summed E-state index contributed by atoms with van der Waals surface area (Å²) in [5, 5.41) is 6.97. The predicted molar refractivity (Wildman–Crippen MR) is 129 cm³/mol. The minimum Gasteiger partial charge on any atom is -0.346 e. The van der Waals surface area contributed by atoms with E-state index in [1.807, 2.05) is 6.07 Å². The Kier molecular flexibility index (Phi) is 6.66. The molecular formula is C20H18N4O7P2S. The summed E-state index contributed by atoms with van der Waals surface area (Å²) >= 11 is 1.21. The van der Waals surface area contributed by atoms with Crippen LogP contribution in [-0.2, 0) is 9.13 Å². The van der Waals surface area contributed by atoms with Crippen molar-refractivity contribution >= 4 is 54.2 Å². The lowest BCUT2D eigenvalue weighted by Gasteiger charge is -2.21. The van der Waals surface area contributed by atoms with Gasteiger partial charge in [0.05, 0.1) is 5.39 Å². The van der Waals surface area contributed by atoms with E-state index in [9.17, 15) is 33.5 Å². The van der Waals surface area contributed by atoms with Crippen molar-refractivity contribution in [2.75, 3.05) is 10.6 Å². The molecule has 4 aromatic rings. The molecule has 14 heteroatoms. The van der Waals surface area contributed by atoms with Crippen LogP contribution in [0, 0.1) is 0 Å². The summed E-state index contributed by atoms with van der Waals surface area (Å²) in [6.45, 7) is 0. The number of nitrogens with zero attached hydrogens (tertiary/aromatic N) is 2. The normalized spacial score (nSPS) is 12.1. The Morgan fingerprint density at radius 2 is 1.62 bits per heavy atom. The molecule has 34 heavy (non-hydrogen) atoms. The number of amides is 1. The molecule has 0 aliphatic rings. The van der Waals surface area contributed by atoms with E-state index in [0.717, 1.165) is 0 Å². The van der Waals surface area contributed by atoms with E-state index >= 15 is 0 Å². The van der Waals surface area contributed by atoms with E-state index in [1.54, 1.807) is 60.0 Å². The molecule has 0 bridgehead atoms. The number of thiophene rings is 1. The van der Waals surface area contributed by atoms with Gasteiger partial charge in [-0.2, -0.15) is 0 Å². The average molecular weight is 520 g/mol. The van der Waals surface area contributed by atoms with Gasteiger partial charge in [-0.15, -0.1) is 11.3 Å². The number of carbonyl (C=O) groups is 1. The summed E-state index contributed by atoms with van der Waals surface area (Å²) in [5.41, 5.74) is -1.13. The topological polar surface area (TPSA) is 182 Å². The second kappa shape index (κ2) is 9.36. The third kappa shape index (κ3) is 5.40. The smallest absolute Gasteiger partial charge is 0.346 e. The van der Waals surface area contributed by atoms with Crippen molar-refractivity contribution in [3.8, 4) is 11.4 Å². The van der Waals surface area contributed by atoms with Crippen molar-refractivity contribution in [2.24, 2.45) is 0 Å². The molecule has 2 aromatic heterocycles. The highest BCUT2D eigenvalue weighted by Crippen LogP contribution is 2.59. The van der Waals surface area contributed by atoms with Crippen molar-refractivity contribution in [2.45, 2.75) is 5.52 Å². The van der Waals surface area contributed by atoms with E-state index < -0.39 is 20.7 Å². The lowest BCUT2D eigenvalue weighted by atomic mass is 10.1. The fourth-order valence-electron chi connectivity index (χ4n) is 3.11. The largest absolute Gasteiger partial charge is 0.360 e. The lowest BCUT2D eigenvalue weighted by Crippen LogP contribution is -2.21. The quantitative estimate of drug-likeness (QED) is 0.197. The Morgan fingerprint density at radius 1 is 0.912 bits per heavy atom. The average Bonchev–Trinajstić information content (AvgIpc) is 3.25. The van der Waals surface area contributed by atoms with Crippen molar-refractivity contribution in [3.05, 3.63) is 71.6 Å². The van der Waals surface area contributed by atoms with Crippen LogP contribution in [0.4, 0.5) is 11.5 Å². The van der Waals surface area contributed by atoms with Gasteiger partial charge in [0.1, 0.15) is 10.6 Å². The highest BCUT2D eigenvalue weighted by molar-refractivity contribution is 7.71. The van der Waals surface area contributed by atoms with Crippen LogP contribution in [0.2, 0.25) is 0 Å². The molecule has 0 aliphatic carbocycles. The highest BCUT2D eigenvalue weighted by atomic mass is 32.1. The Bertz CT molecular complexity index is 1430. The van der Waals surface area contributed by atoms with Crippen LogP contribution in [0.3, 0.4) is 0 Å². The molecule has 11 nitrogen and oxygen atoms in total. The highest BCUT2D eigenvalue weighted by Gasteiger charge is 2.44. The monoisotopic (exact) mass is 520 g/mol.